The van der Waals surface area contributed by atoms with Crippen molar-refractivity contribution in [1.29, 1.82) is 0 Å². The van der Waals surface area contributed by atoms with Gasteiger partial charge in [0.1, 0.15) is 5.75 Å². The van der Waals surface area contributed by atoms with Crippen LogP contribution in [0.5, 0.6) is 5.75 Å². The van der Waals surface area contributed by atoms with Gasteiger partial charge in [0.25, 0.3) is 0 Å². The summed E-state index contributed by atoms with van der Waals surface area (Å²) in [6.45, 7) is 5.37. The summed E-state index contributed by atoms with van der Waals surface area (Å²) in [7, 11) is 1.65. The van der Waals surface area contributed by atoms with Crippen LogP contribution in [-0.2, 0) is 14.9 Å². The molecule has 1 aliphatic rings. The highest BCUT2D eigenvalue weighted by Crippen LogP contribution is 2.36. The maximum absolute atomic E-state index is 12.8. The van der Waals surface area contributed by atoms with Crippen molar-refractivity contribution in [2.75, 3.05) is 20.3 Å². The lowest BCUT2D eigenvalue weighted by Gasteiger charge is -2.37. The van der Waals surface area contributed by atoms with Crippen molar-refractivity contribution >= 4 is 5.91 Å². The zero-order chi connectivity index (χ0) is 15.3. The third kappa shape index (κ3) is 3.38. The second-order valence-corrected chi connectivity index (χ2v) is 5.71. The molecule has 1 aromatic rings. The van der Waals surface area contributed by atoms with E-state index in [4.69, 9.17) is 9.47 Å². The van der Waals surface area contributed by atoms with E-state index in [0.29, 0.717) is 13.2 Å². The van der Waals surface area contributed by atoms with Gasteiger partial charge in [-0.3, -0.25) is 4.79 Å². The number of hydrogen-bond acceptors (Lipinski definition) is 3. The fraction of sp³-hybridized carbons (Fsp3) is 0.588. The molecule has 0 bridgehead atoms. The molecule has 1 fully saturated rings. The van der Waals surface area contributed by atoms with Gasteiger partial charge in [0, 0.05) is 19.3 Å². The van der Waals surface area contributed by atoms with E-state index in [1.165, 1.54) is 0 Å². The first-order valence-electron chi connectivity index (χ1n) is 7.65. The Bertz CT molecular complexity index is 463. The number of nitrogens with one attached hydrogen (secondary N) is 1. The summed E-state index contributed by atoms with van der Waals surface area (Å²) in [5.41, 5.74) is 0.570. The van der Waals surface area contributed by atoms with Crippen LogP contribution in [0.1, 0.15) is 38.7 Å². The summed E-state index contributed by atoms with van der Waals surface area (Å²) >= 11 is 0. The summed E-state index contributed by atoms with van der Waals surface area (Å²) in [6.07, 6.45) is 2.38. The van der Waals surface area contributed by atoms with Gasteiger partial charge in [-0.15, -0.1) is 0 Å². The summed E-state index contributed by atoms with van der Waals surface area (Å²) in [5, 5.41) is 3.14. The number of benzene rings is 1. The molecule has 1 aliphatic heterocycles. The van der Waals surface area contributed by atoms with Crippen LogP contribution >= 0.6 is 0 Å². The van der Waals surface area contributed by atoms with Gasteiger partial charge in [-0.05, 0) is 43.9 Å². The normalized spacial score (nSPS) is 18.8. The maximum atomic E-state index is 12.8. The van der Waals surface area contributed by atoms with Crippen LogP contribution in [0.25, 0.3) is 0 Å². The van der Waals surface area contributed by atoms with Gasteiger partial charge in [0.2, 0.25) is 5.91 Å². The monoisotopic (exact) mass is 291 g/mol. The van der Waals surface area contributed by atoms with Crippen molar-refractivity contribution in [2.45, 2.75) is 44.6 Å². The second kappa shape index (κ2) is 6.94. The van der Waals surface area contributed by atoms with Crippen LogP contribution in [0, 0.1) is 0 Å². The van der Waals surface area contributed by atoms with Gasteiger partial charge in [-0.2, -0.15) is 0 Å². The molecule has 21 heavy (non-hydrogen) atoms. The van der Waals surface area contributed by atoms with Crippen molar-refractivity contribution in [3.05, 3.63) is 29.8 Å². The number of carbonyl (C=O) groups excluding carboxylic acids is 1. The van der Waals surface area contributed by atoms with Gasteiger partial charge < -0.3 is 14.8 Å². The molecule has 0 radical (unpaired) electrons. The Labute approximate surface area is 126 Å². The van der Waals surface area contributed by atoms with Crippen LogP contribution < -0.4 is 10.1 Å². The summed E-state index contributed by atoms with van der Waals surface area (Å²) in [6, 6.07) is 8.03. The minimum absolute atomic E-state index is 0.116. The molecular formula is C17H25NO3. The molecule has 4 heteroatoms. The molecule has 0 saturated carbocycles. The highest BCUT2D eigenvalue weighted by molar-refractivity contribution is 5.88. The summed E-state index contributed by atoms with van der Waals surface area (Å²) in [5.74, 6) is 0.925. The Hall–Kier alpha value is -1.55. The summed E-state index contributed by atoms with van der Waals surface area (Å²) in [4.78, 5) is 12.8. The van der Waals surface area contributed by atoms with Crippen molar-refractivity contribution in [1.82, 2.24) is 5.32 Å². The number of rotatable bonds is 5. The SMILES string of the molecule is CCC(C)NC(=O)C1(c2ccc(OC)cc2)CCOCC1. The Balaban J connectivity index is 2.29. The van der Waals surface area contributed by atoms with Crippen molar-refractivity contribution in [3.8, 4) is 5.75 Å². The van der Waals surface area contributed by atoms with Gasteiger partial charge in [-0.25, -0.2) is 0 Å². The largest absolute Gasteiger partial charge is 0.497 e. The average Bonchev–Trinajstić information content (AvgIpc) is 2.55. The maximum Gasteiger partial charge on any atom is 0.231 e. The van der Waals surface area contributed by atoms with Crippen LogP contribution in [0.3, 0.4) is 0 Å². The summed E-state index contributed by atoms with van der Waals surface area (Å²) < 4.78 is 10.7. The molecule has 0 spiro atoms. The fourth-order valence-electron chi connectivity index (χ4n) is 2.74. The molecule has 116 valence electrons. The van der Waals surface area contributed by atoms with E-state index in [9.17, 15) is 4.79 Å². The van der Waals surface area contributed by atoms with E-state index in [0.717, 1.165) is 30.6 Å². The lowest BCUT2D eigenvalue weighted by molar-refractivity contribution is -0.131. The van der Waals surface area contributed by atoms with Gasteiger partial charge in [-0.1, -0.05) is 19.1 Å². The number of ether oxygens (including phenoxy) is 2. The first kappa shape index (κ1) is 15.8. The molecule has 1 saturated heterocycles. The number of methoxy groups -OCH3 is 1. The molecule has 4 nitrogen and oxygen atoms in total. The zero-order valence-corrected chi connectivity index (χ0v) is 13.1. The van der Waals surface area contributed by atoms with Crippen molar-refractivity contribution in [3.63, 3.8) is 0 Å². The highest BCUT2D eigenvalue weighted by atomic mass is 16.5. The standard InChI is InChI=1S/C17H25NO3/c1-4-13(2)18-16(19)17(9-11-21-12-10-17)14-5-7-15(20-3)8-6-14/h5-8,13H,4,9-12H2,1-3H3,(H,18,19). The first-order chi connectivity index (χ1) is 10.1. The van der Waals surface area contributed by atoms with E-state index in [-0.39, 0.29) is 11.9 Å². The van der Waals surface area contributed by atoms with E-state index >= 15 is 0 Å². The zero-order valence-electron chi connectivity index (χ0n) is 13.1. The van der Waals surface area contributed by atoms with E-state index < -0.39 is 5.41 Å². The second-order valence-electron chi connectivity index (χ2n) is 5.71. The van der Waals surface area contributed by atoms with Gasteiger partial charge in [0.15, 0.2) is 0 Å². The molecule has 1 amide bonds. The minimum Gasteiger partial charge on any atom is -0.497 e. The van der Waals surface area contributed by atoms with Crippen molar-refractivity contribution in [2.24, 2.45) is 0 Å². The van der Waals surface area contributed by atoms with Gasteiger partial charge >= 0.3 is 0 Å². The van der Waals surface area contributed by atoms with Gasteiger partial charge in [0.05, 0.1) is 12.5 Å². The number of carbonyl (C=O) groups is 1. The van der Waals surface area contributed by atoms with E-state index in [1.54, 1.807) is 7.11 Å². The topological polar surface area (TPSA) is 47.6 Å². The molecule has 1 N–H and O–H groups in total. The third-order valence-corrected chi connectivity index (χ3v) is 4.41. The molecule has 1 aromatic carbocycles. The smallest absolute Gasteiger partial charge is 0.231 e. The quantitative estimate of drug-likeness (QED) is 0.907. The third-order valence-electron chi connectivity index (χ3n) is 4.41. The molecule has 1 heterocycles. The predicted octanol–water partition coefficient (Wildman–Crippen LogP) is 2.66. The van der Waals surface area contributed by atoms with Crippen LogP contribution in [0.4, 0.5) is 0 Å². The Morgan fingerprint density at radius 2 is 1.95 bits per heavy atom. The first-order valence-corrected chi connectivity index (χ1v) is 7.65. The molecule has 0 aliphatic carbocycles. The van der Waals surface area contributed by atoms with Crippen LogP contribution in [0.2, 0.25) is 0 Å². The van der Waals surface area contributed by atoms with E-state index in [2.05, 4.69) is 12.2 Å². The minimum atomic E-state index is -0.478. The average molecular weight is 291 g/mol. The molecule has 0 aromatic heterocycles. The Morgan fingerprint density at radius 1 is 1.33 bits per heavy atom. The lowest BCUT2D eigenvalue weighted by atomic mass is 9.73. The Kier molecular flexibility index (Phi) is 5.23. The highest BCUT2D eigenvalue weighted by Gasteiger charge is 2.41. The molecule has 2 rings (SSSR count). The molecular weight excluding hydrogens is 266 g/mol. The number of hydrogen-bond donors (Lipinski definition) is 1. The van der Waals surface area contributed by atoms with Crippen LogP contribution in [0.15, 0.2) is 24.3 Å². The fourth-order valence-corrected chi connectivity index (χ4v) is 2.74. The lowest BCUT2D eigenvalue weighted by Crippen LogP contribution is -2.50. The van der Waals surface area contributed by atoms with E-state index in [1.807, 2.05) is 31.2 Å². The Morgan fingerprint density at radius 3 is 2.48 bits per heavy atom. The molecule has 1 atom stereocenters. The van der Waals surface area contributed by atoms with Crippen LogP contribution in [-0.4, -0.2) is 32.3 Å². The van der Waals surface area contributed by atoms with Crippen molar-refractivity contribution < 1.29 is 14.3 Å². The predicted molar refractivity (Wildman–Crippen MR) is 82.6 cm³/mol. The molecule has 1 unspecified atom stereocenters. The number of amides is 1.